The SMILES string of the molecule is C=C(NC)C(=O)N[C@@H](C1CCCCC1)C(O)N1CCC[C@H]1c1nc(C(=O)c2ccc(F)cc2)cs1. The molecule has 4 rings (SSSR count). The van der Waals surface area contributed by atoms with Crippen molar-refractivity contribution in [2.45, 2.75) is 63.3 Å². The summed E-state index contributed by atoms with van der Waals surface area (Å²) in [6.07, 6.45) is 6.08. The number of amides is 1. The first-order chi connectivity index (χ1) is 16.9. The van der Waals surface area contributed by atoms with Gasteiger partial charge < -0.3 is 15.7 Å². The van der Waals surface area contributed by atoms with E-state index in [1.54, 1.807) is 12.4 Å². The summed E-state index contributed by atoms with van der Waals surface area (Å²) in [7, 11) is 1.65. The van der Waals surface area contributed by atoms with Crippen molar-refractivity contribution in [3.05, 3.63) is 64.0 Å². The Balaban J connectivity index is 1.53. The molecule has 2 heterocycles. The molecule has 2 aromatic rings. The number of halogens is 1. The van der Waals surface area contributed by atoms with Crippen LogP contribution in [-0.2, 0) is 4.79 Å². The van der Waals surface area contributed by atoms with Crippen molar-refractivity contribution >= 4 is 23.0 Å². The largest absolute Gasteiger partial charge is 0.384 e. The van der Waals surface area contributed by atoms with Gasteiger partial charge in [-0.2, -0.15) is 0 Å². The molecule has 1 amide bonds. The molecule has 0 spiro atoms. The first-order valence-corrected chi connectivity index (χ1v) is 13.1. The van der Waals surface area contributed by atoms with Crippen LogP contribution in [0.4, 0.5) is 4.39 Å². The first kappa shape index (κ1) is 25.5. The van der Waals surface area contributed by atoms with Gasteiger partial charge in [-0.1, -0.05) is 25.8 Å². The Kier molecular flexibility index (Phi) is 8.30. The van der Waals surface area contributed by atoms with Crippen molar-refractivity contribution in [1.29, 1.82) is 0 Å². The van der Waals surface area contributed by atoms with Gasteiger partial charge in [-0.05, 0) is 55.9 Å². The fourth-order valence-corrected chi connectivity index (χ4v) is 6.11. The number of nitrogens with one attached hydrogen (secondary N) is 2. The standard InChI is InChI=1S/C26H33FN4O3S/c1-16(28-2)24(33)30-22(17-7-4-3-5-8-17)26(34)31-14-6-9-21(31)25-29-20(15-35-25)23(32)18-10-12-19(27)13-11-18/h10-13,15,17,21-22,26,28,34H,1,3-9,14H2,2H3,(H,30,33)/t21-,22-,26?/m0/s1. The first-order valence-electron chi connectivity index (χ1n) is 12.3. The third kappa shape index (κ3) is 5.79. The van der Waals surface area contributed by atoms with E-state index < -0.39 is 18.1 Å². The molecule has 1 saturated heterocycles. The van der Waals surface area contributed by atoms with Gasteiger partial charge in [-0.25, -0.2) is 9.37 Å². The molecule has 35 heavy (non-hydrogen) atoms. The number of thiazole rings is 1. The number of carbonyl (C=O) groups is 2. The van der Waals surface area contributed by atoms with Gasteiger partial charge in [0, 0.05) is 24.5 Å². The van der Waals surface area contributed by atoms with E-state index in [9.17, 15) is 19.1 Å². The number of rotatable bonds is 9. The lowest BCUT2D eigenvalue weighted by Crippen LogP contribution is -2.56. The lowest BCUT2D eigenvalue weighted by atomic mass is 9.82. The molecule has 188 valence electrons. The van der Waals surface area contributed by atoms with E-state index in [0.717, 1.165) is 43.5 Å². The van der Waals surface area contributed by atoms with E-state index >= 15 is 0 Å². The highest BCUT2D eigenvalue weighted by atomic mass is 32.1. The van der Waals surface area contributed by atoms with Crippen molar-refractivity contribution in [3.63, 3.8) is 0 Å². The summed E-state index contributed by atoms with van der Waals surface area (Å²) < 4.78 is 13.2. The number of aliphatic hydroxyl groups is 1. The predicted molar refractivity (Wildman–Crippen MR) is 133 cm³/mol. The van der Waals surface area contributed by atoms with E-state index in [2.05, 4.69) is 22.2 Å². The molecule has 2 aliphatic rings. The molecule has 1 aliphatic carbocycles. The molecule has 1 saturated carbocycles. The molecule has 3 atom stereocenters. The van der Waals surface area contributed by atoms with Crippen LogP contribution in [0.15, 0.2) is 41.9 Å². The van der Waals surface area contributed by atoms with E-state index in [1.807, 2.05) is 4.90 Å². The van der Waals surface area contributed by atoms with Gasteiger partial charge >= 0.3 is 0 Å². The summed E-state index contributed by atoms with van der Waals surface area (Å²) in [5, 5.41) is 19.9. The zero-order valence-electron chi connectivity index (χ0n) is 20.0. The van der Waals surface area contributed by atoms with Crippen LogP contribution in [0.3, 0.4) is 0 Å². The Morgan fingerprint density at radius 3 is 2.57 bits per heavy atom. The summed E-state index contributed by atoms with van der Waals surface area (Å²) in [6.45, 7) is 4.44. The number of aromatic nitrogens is 1. The Morgan fingerprint density at radius 2 is 1.89 bits per heavy atom. The maximum Gasteiger partial charge on any atom is 0.267 e. The maximum absolute atomic E-state index is 13.2. The number of benzene rings is 1. The summed E-state index contributed by atoms with van der Waals surface area (Å²) in [4.78, 5) is 32.1. The highest BCUT2D eigenvalue weighted by Crippen LogP contribution is 2.38. The fourth-order valence-electron chi connectivity index (χ4n) is 5.15. The second-order valence-corrected chi connectivity index (χ2v) is 10.2. The number of likely N-dealkylation sites (N-methyl/N-ethyl adjacent to an activating group) is 1. The molecular weight excluding hydrogens is 467 g/mol. The average molecular weight is 501 g/mol. The number of carbonyl (C=O) groups excluding carboxylic acids is 2. The molecule has 1 aromatic carbocycles. The van der Waals surface area contributed by atoms with Crippen LogP contribution in [-0.4, -0.2) is 52.5 Å². The van der Waals surface area contributed by atoms with Crippen molar-refractivity contribution in [3.8, 4) is 0 Å². The molecular formula is C26H33FN4O3S. The minimum absolute atomic E-state index is 0.139. The topological polar surface area (TPSA) is 94.6 Å². The third-order valence-electron chi connectivity index (χ3n) is 7.13. The minimum atomic E-state index is -0.876. The van der Waals surface area contributed by atoms with Gasteiger partial charge in [0.05, 0.1) is 17.8 Å². The molecule has 3 N–H and O–H groups in total. The molecule has 9 heteroatoms. The van der Waals surface area contributed by atoms with Crippen molar-refractivity contribution in [2.75, 3.05) is 13.6 Å². The Bertz CT molecular complexity index is 1050. The van der Waals surface area contributed by atoms with Crippen LogP contribution in [0, 0.1) is 11.7 Å². The Labute approximate surface area is 209 Å². The number of aliphatic hydroxyl groups excluding tert-OH is 1. The minimum Gasteiger partial charge on any atom is -0.384 e. The van der Waals surface area contributed by atoms with E-state index in [1.165, 1.54) is 42.0 Å². The third-order valence-corrected chi connectivity index (χ3v) is 8.08. The molecule has 7 nitrogen and oxygen atoms in total. The molecule has 1 aromatic heterocycles. The maximum atomic E-state index is 13.2. The van der Waals surface area contributed by atoms with Crippen LogP contribution in [0.2, 0.25) is 0 Å². The van der Waals surface area contributed by atoms with Gasteiger partial charge in [-0.3, -0.25) is 14.5 Å². The van der Waals surface area contributed by atoms with Crippen LogP contribution >= 0.6 is 11.3 Å². The molecule has 1 aliphatic heterocycles. The Morgan fingerprint density at radius 1 is 1.17 bits per heavy atom. The Hall–Kier alpha value is -2.62. The zero-order valence-corrected chi connectivity index (χ0v) is 20.8. The van der Waals surface area contributed by atoms with Crippen molar-refractivity contribution in [2.24, 2.45) is 5.92 Å². The van der Waals surface area contributed by atoms with Crippen LogP contribution in [0.25, 0.3) is 0 Å². The fraction of sp³-hybridized carbons (Fsp3) is 0.500. The van der Waals surface area contributed by atoms with Gasteiger partial charge in [0.2, 0.25) is 5.78 Å². The van der Waals surface area contributed by atoms with Crippen LogP contribution < -0.4 is 10.6 Å². The smallest absolute Gasteiger partial charge is 0.267 e. The number of ketones is 1. The van der Waals surface area contributed by atoms with Crippen LogP contribution in [0.5, 0.6) is 0 Å². The quantitative estimate of drug-likeness (QED) is 0.359. The summed E-state index contributed by atoms with van der Waals surface area (Å²) >= 11 is 1.39. The summed E-state index contributed by atoms with van der Waals surface area (Å²) in [5.74, 6) is -0.774. The van der Waals surface area contributed by atoms with E-state index in [0.29, 0.717) is 17.8 Å². The second kappa shape index (κ2) is 11.4. The summed E-state index contributed by atoms with van der Waals surface area (Å²) in [6, 6.07) is 4.88. The number of nitrogens with zero attached hydrogens (tertiary/aromatic N) is 2. The van der Waals surface area contributed by atoms with Gasteiger partial charge in [0.25, 0.3) is 5.91 Å². The molecule has 0 bridgehead atoms. The molecule has 0 radical (unpaired) electrons. The number of hydrogen-bond donors (Lipinski definition) is 3. The van der Waals surface area contributed by atoms with Crippen LogP contribution in [0.1, 0.15) is 72.0 Å². The lowest BCUT2D eigenvalue weighted by Gasteiger charge is -2.39. The normalized spacial score (nSPS) is 20.8. The van der Waals surface area contributed by atoms with Crippen molar-refractivity contribution < 1.29 is 19.1 Å². The van der Waals surface area contributed by atoms with E-state index in [4.69, 9.17) is 0 Å². The molecule has 1 unspecified atom stereocenters. The lowest BCUT2D eigenvalue weighted by molar-refractivity contribution is -0.123. The number of hydrogen-bond acceptors (Lipinski definition) is 7. The van der Waals surface area contributed by atoms with E-state index in [-0.39, 0.29) is 29.3 Å². The highest BCUT2D eigenvalue weighted by molar-refractivity contribution is 7.10. The average Bonchev–Trinajstić information content (AvgIpc) is 3.56. The number of likely N-dealkylation sites (tertiary alicyclic amines) is 1. The second-order valence-electron chi connectivity index (χ2n) is 9.34. The monoisotopic (exact) mass is 500 g/mol. The van der Waals surface area contributed by atoms with Crippen molar-refractivity contribution in [1.82, 2.24) is 20.5 Å². The highest BCUT2D eigenvalue weighted by Gasteiger charge is 2.40. The van der Waals surface area contributed by atoms with Gasteiger partial charge in [0.1, 0.15) is 22.7 Å². The summed E-state index contributed by atoms with van der Waals surface area (Å²) in [5.41, 5.74) is 0.969. The molecule has 2 fully saturated rings. The predicted octanol–water partition coefficient (Wildman–Crippen LogP) is 3.77. The van der Waals surface area contributed by atoms with Gasteiger partial charge in [0.15, 0.2) is 0 Å². The van der Waals surface area contributed by atoms with Gasteiger partial charge in [-0.15, -0.1) is 11.3 Å². The zero-order chi connectivity index (χ0) is 24.9.